The Bertz CT molecular complexity index is 774. The molecule has 1 N–H and O–H groups in total. The molecular formula is C19H19NO4. The molecule has 24 heavy (non-hydrogen) atoms. The standard InChI is InChI=1S/C19H19NO4/c1-22-14-4-2-3-13(10-14)20-19(21)16-11-15(16)12-5-6-17-18(9-12)24-8-7-23-17/h2-6,9-10,15-16H,7-8,11H2,1H3,(H,20,21)/t15-,16+/m1/s1. The number of ether oxygens (including phenoxy) is 3. The van der Waals surface area contributed by atoms with Crippen molar-refractivity contribution in [3.05, 3.63) is 48.0 Å². The summed E-state index contributed by atoms with van der Waals surface area (Å²) in [6.07, 6.45) is 0.857. The largest absolute Gasteiger partial charge is 0.497 e. The second-order valence-electron chi connectivity index (χ2n) is 6.07. The van der Waals surface area contributed by atoms with Crippen LogP contribution in [-0.4, -0.2) is 26.2 Å². The number of anilines is 1. The number of rotatable bonds is 4. The van der Waals surface area contributed by atoms with Gasteiger partial charge in [0.25, 0.3) is 0 Å². The molecule has 1 saturated carbocycles. The topological polar surface area (TPSA) is 56.8 Å². The van der Waals surface area contributed by atoms with Crippen LogP contribution in [0.2, 0.25) is 0 Å². The Kier molecular flexibility index (Phi) is 3.76. The van der Waals surface area contributed by atoms with E-state index in [9.17, 15) is 4.79 Å². The molecule has 2 aliphatic rings. The molecule has 1 heterocycles. The zero-order valence-corrected chi connectivity index (χ0v) is 13.5. The van der Waals surface area contributed by atoms with Gasteiger partial charge in [-0.2, -0.15) is 0 Å². The first-order chi connectivity index (χ1) is 11.7. The molecule has 2 aromatic rings. The lowest BCUT2D eigenvalue weighted by Gasteiger charge is -2.18. The minimum atomic E-state index is -0.00115. The van der Waals surface area contributed by atoms with Crippen molar-refractivity contribution in [2.45, 2.75) is 12.3 Å². The predicted octanol–water partition coefficient (Wildman–Crippen LogP) is 3.21. The first kappa shape index (κ1) is 14.9. The average molecular weight is 325 g/mol. The van der Waals surface area contributed by atoms with E-state index in [1.807, 2.05) is 42.5 Å². The molecule has 5 nitrogen and oxygen atoms in total. The van der Waals surface area contributed by atoms with Crippen molar-refractivity contribution < 1.29 is 19.0 Å². The first-order valence-corrected chi connectivity index (χ1v) is 8.09. The van der Waals surface area contributed by atoms with Crippen LogP contribution in [0.4, 0.5) is 5.69 Å². The second-order valence-corrected chi connectivity index (χ2v) is 6.07. The molecule has 0 unspecified atom stereocenters. The van der Waals surface area contributed by atoms with Crippen molar-refractivity contribution in [2.24, 2.45) is 5.92 Å². The van der Waals surface area contributed by atoms with Gasteiger partial charge in [-0.15, -0.1) is 0 Å². The molecule has 0 aromatic heterocycles. The summed E-state index contributed by atoms with van der Waals surface area (Å²) in [7, 11) is 1.61. The number of hydrogen-bond donors (Lipinski definition) is 1. The number of amides is 1. The number of carbonyl (C=O) groups is 1. The summed E-state index contributed by atoms with van der Waals surface area (Å²) in [5, 5.41) is 2.97. The van der Waals surface area contributed by atoms with E-state index in [0.717, 1.165) is 34.9 Å². The number of hydrogen-bond acceptors (Lipinski definition) is 4. The zero-order chi connectivity index (χ0) is 16.5. The maximum atomic E-state index is 12.4. The fraction of sp³-hybridized carbons (Fsp3) is 0.316. The van der Waals surface area contributed by atoms with E-state index in [1.165, 1.54) is 0 Å². The third kappa shape index (κ3) is 2.89. The minimum Gasteiger partial charge on any atom is -0.497 e. The summed E-state index contributed by atoms with van der Waals surface area (Å²) in [4.78, 5) is 12.4. The number of nitrogens with one attached hydrogen (secondary N) is 1. The van der Waals surface area contributed by atoms with Crippen LogP contribution in [0, 0.1) is 5.92 Å². The van der Waals surface area contributed by atoms with Gasteiger partial charge in [-0.1, -0.05) is 12.1 Å². The first-order valence-electron chi connectivity index (χ1n) is 8.09. The highest BCUT2D eigenvalue weighted by atomic mass is 16.6. The molecule has 1 aliphatic carbocycles. The highest BCUT2D eigenvalue weighted by Gasteiger charge is 2.44. The van der Waals surface area contributed by atoms with Gasteiger partial charge < -0.3 is 19.5 Å². The Balaban J connectivity index is 1.43. The summed E-state index contributed by atoms with van der Waals surface area (Å²) in [5.41, 5.74) is 1.89. The van der Waals surface area contributed by atoms with Crippen molar-refractivity contribution in [3.8, 4) is 17.2 Å². The van der Waals surface area contributed by atoms with Gasteiger partial charge in [0.05, 0.1) is 7.11 Å². The number of methoxy groups -OCH3 is 1. The van der Waals surface area contributed by atoms with Crippen LogP contribution in [0.15, 0.2) is 42.5 Å². The quantitative estimate of drug-likeness (QED) is 0.938. The fourth-order valence-corrected chi connectivity index (χ4v) is 3.08. The molecule has 1 fully saturated rings. The third-order valence-electron chi connectivity index (χ3n) is 4.46. The lowest BCUT2D eigenvalue weighted by molar-refractivity contribution is -0.117. The van der Waals surface area contributed by atoms with Crippen LogP contribution in [0.25, 0.3) is 0 Å². The smallest absolute Gasteiger partial charge is 0.228 e. The van der Waals surface area contributed by atoms with Crippen molar-refractivity contribution >= 4 is 11.6 Å². The second kappa shape index (κ2) is 6.07. The molecule has 0 saturated heterocycles. The van der Waals surface area contributed by atoms with E-state index in [-0.39, 0.29) is 17.7 Å². The number of fused-ring (bicyclic) bond motifs is 1. The SMILES string of the molecule is COc1cccc(NC(=O)[C@H]2C[C@@H]2c2ccc3c(c2)OCCO3)c1. The molecule has 4 rings (SSSR count). The zero-order valence-electron chi connectivity index (χ0n) is 13.5. The van der Waals surface area contributed by atoms with Gasteiger partial charge in [-0.05, 0) is 42.2 Å². The average Bonchev–Trinajstić information content (AvgIpc) is 3.42. The monoisotopic (exact) mass is 325 g/mol. The highest BCUT2D eigenvalue weighted by Crippen LogP contribution is 2.49. The van der Waals surface area contributed by atoms with Crippen LogP contribution in [-0.2, 0) is 4.79 Å². The van der Waals surface area contributed by atoms with Gasteiger partial charge in [0, 0.05) is 17.7 Å². The highest BCUT2D eigenvalue weighted by molar-refractivity contribution is 5.95. The molecule has 1 amide bonds. The van der Waals surface area contributed by atoms with Gasteiger partial charge in [0.1, 0.15) is 19.0 Å². The Morgan fingerprint density at radius 2 is 1.96 bits per heavy atom. The van der Waals surface area contributed by atoms with Crippen molar-refractivity contribution in [3.63, 3.8) is 0 Å². The van der Waals surface area contributed by atoms with Crippen LogP contribution < -0.4 is 19.5 Å². The molecule has 2 atom stereocenters. The Labute approximate surface area is 140 Å². The van der Waals surface area contributed by atoms with E-state index in [0.29, 0.717) is 13.2 Å². The van der Waals surface area contributed by atoms with Crippen LogP contribution >= 0.6 is 0 Å². The molecule has 124 valence electrons. The van der Waals surface area contributed by atoms with Crippen molar-refractivity contribution in [1.29, 1.82) is 0 Å². The lowest BCUT2D eigenvalue weighted by Crippen LogP contribution is -2.16. The van der Waals surface area contributed by atoms with E-state index >= 15 is 0 Å². The third-order valence-corrected chi connectivity index (χ3v) is 4.46. The van der Waals surface area contributed by atoms with Crippen LogP contribution in [0.5, 0.6) is 17.2 Å². The fourth-order valence-electron chi connectivity index (χ4n) is 3.08. The molecule has 1 aliphatic heterocycles. The van der Waals surface area contributed by atoms with E-state index in [1.54, 1.807) is 7.11 Å². The molecule has 5 heteroatoms. The minimum absolute atomic E-state index is 0.00115. The number of benzene rings is 2. The van der Waals surface area contributed by atoms with Crippen molar-refractivity contribution in [1.82, 2.24) is 0 Å². The van der Waals surface area contributed by atoms with Crippen LogP contribution in [0.3, 0.4) is 0 Å². The van der Waals surface area contributed by atoms with Crippen molar-refractivity contribution in [2.75, 3.05) is 25.6 Å². The van der Waals surface area contributed by atoms with E-state index < -0.39 is 0 Å². The molecule has 0 spiro atoms. The van der Waals surface area contributed by atoms with E-state index in [4.69, 9.17) is 14.2 Å². The summed E-state index contributed by atoms with van der Waals surface area (Å²) >= 11 is 0. The summed E-state index contributed by atoms with van der Waals surface area (Å²) in [6, 6.07) is 13.3. The predicted molar refractivity (Wildman–Crippen MR) is 89.9 cm³/mol. The summed E-state index contributed by atoms with van der Waals surface area (Å²) < 4.78 is 16.3. The van der Waals surface area contributed by atoms with Gasteiger partial charge >= 0.3 is 0 Å². The Morgan fingerprint density at radius 3 is 2.79 bits per heavy atom. The lowest BCUT2D eigenvalue weighted by atomic mass is 10.1. The maximum Gasteiger partial charge on any atom is 0.228 e. The molecule has 2 aromatic carbocycles. The maximum absolute atomic E-state index is 12.4. The Morgan fingerprint density at radius 1 is 1.12 bits per heavy atom. The summed E-state index contributed by atoms with van der Waals surface area (Å²) in [6.45, 7) is 1.15. The molecule has 0 radical (unpaired) electrons. The normalized spacial score (nSPS) is 21.0. The van der Waals surface area contributed by atoms with E-state index in [2.05, 4.69) is 5.32 Å². The van der Waals surface area contributed by atoms with Gasteiger partial charge in [-0.3, -0.25) is 4.79 Å². The number of carbonyl (C=O) groups excluding carboxylic acids is 1. The van der Waals surface area contributed by atoms with Crippen LogP contribution in [0.1, 0.15) is 17.9 Å². The van der Waals surface area contributed by atoms with Gasteiger partial charge in [0.15, 0.2) is 11.5 Å². The summed E-state index contributed by atoms with van der Waals surface area (Å²) in [5.74, 6) is 2.57. The van der Waals surface area contributed by atoms with Gasteiger partial charge in [0.2, 0.25) is 5.91 Å². The Hall–Kier alpha value is -2.69. The molecule has 0 bridgehead atoms. The molecular weight excluding hydrogens is 306 g/mol. The van der Waals surface area contributed by atoms with Gasteiger partial charge in [-0.25, -0.2) is 0 Å².